The summed E-state index contributed by atoms with van der Waals surface area (Å²) < 4.78 is 0. The molecular formula is C8H17. The topological polar surface area (TPSA) is 0 Å². The van der Waals surface area contributed by atoms with E-state index in [0.717, 1.165) is 5.92 Å². The van der Waals surface area contributed by atoms with E-state index >= 15 is 0 Å². The predicted octanol–water partition coefficient (Wildman–Crippen LogP) is 2.89. The Morgan fingerprint density at radius 1 is 1.12 bits per heavy atom. The highest BCUT2D eigenvalue weighted by Gasteiger charge is 1.95. The summed E-state index contributed by atoms with van der Waals surface area (Å²) in [5, 5.41) is 0. The fraction of sp³-hybridized carbons (Fsp3) is 0.875. The highest BCUT2D eigenvalue weighted by Crippen LogP contribution is 2.09. The van der Waals surface area contributed by atoms with Crippen LogP contribution < -0.4 is 0 Å². The molecular weight excluding hydrogens is 96.1 g/mol. The first-order valence-electron chi connectivity index (χ1n) is 3.46. The smallest absolute Gasteiger partial charge is 0.0443 e. The summed E-state index contributed by atoms with van der Waals surface area (Å²) in [6.45, 7) is 10.6. The Morgan fingerprint density at radius 2 is 1.62 bits per heavy atom. The van der Waals surface area contributed by atoms with Crippen LogP contribution in [0.2, 0.25) is 0 Å². The lowest BCUT2D eigenvalue weighted by molar-refractivity contribution is 0.500. The third-order valence-corrected chi connectivity index (χ3v) is 1.24. The van der Waals surface area contributed by atoms with Crippen molar-refractivity contribution >= 4 is 0 Å². The standard InChI is InChI=1S/C8H17/c1-7(2)5-6-8(3)4/h7-8H,1,5-6H2,2-4H3/t7-/m0/s1. The van der Waals surface area contributed by atoms with Crippen LogP contribution >= 0.6 is 0 Å². The maximum absolute atomic E-state index is 3.91. The molecule has 0 heterocycles. The molecule has 0 aliphatic carbocycles. The van der Waals surface area contributed by atoms with E-state index in [1.165, 1.54) is 12.8 Å². The fourth-order valence-corrected chi connectivity index (χ4v) is 0.618. The summed E-state index contributed by atoms with van der Waals surface area (Å²) in [7, 11) is 0. The summed E-state index contributed by atoms with van der Waals surface area (Å²) >= 11 is 0. The first kappa shape index (κ1) is 8.00. The minimum absolute atomic E-state index is 0.636. The zero-order valence-corrected chi connectivity index (χ0v) is 6.28. The van der Waals surface area contributed by atoms with Gasteiger partial charge in [-0.05, 0) is 11.8 Å². The molecule has 0 aromatic rings. The van der Waals surface area contributed by atoms with E-state index in [1.54, 1.807) is 0 Å². The van der Waals surface area contributed by atoms with Gasteiger partial charge in [0.15, 0.2) is 0 Å². The average molecular weight is 113 g/mol. The van der Waals surface area contributed by atoms with Crippen LogP contribution in [-0.2, 0) is 0 Å². The van der Waals surface area contributed by atoms with Crippen LogP contribution in [0.25, 0.3) is 0 Å². The molecule has 0 aromatic carbocycles. The van der Waals surface area contributed by atoms with Crippen LogP contribution in [0.1, 0.15) is 33.6 Å². The molecule has 1 atom stereocenters. The molecule has 0 saturated heterocycles. The maximum atomic E-state index is 3.91. The number of hydrogen-bond donors (Lipinski definition) is 0. The molecule has 0 amide bonds. The van der Waals surface area contributed by atoms with Gasteiger partial charge in [-0.25, -0.2) is 0 Å². The van der Waals surface area contributed by atoms with E-state index in [0.29, 0.717) is 5.92 Å². The van der Waals surface area contributed by atoms with Crippen LogP contribution in [-0.4, -0.2) is 0 Å². The molecule has 1 radical (unpaired) electrons. The lowest BCUT2D eigenvalue weighted by Gasteiger charge is -2.05. The van der Waals surface area contributed by atoms with E-state index < -0.39 is 0 Å². The summed E-state index contributed by atoms with van der Waals surface area (Å²) in [6, 6.07) is 0. The minimum Gasteiger partial charge on any atom is -0.0628 e. The van der Waals surface area contributed by atoms with Crippen molar-refractivity contribution in [3.05, 3.63) is 6.92 Å². The maximum Gasteiger partial charge on any atom is -0.0443 e. The molecule has 49 valence electrons. The Kier molecular flexibility index (Phi) is 3.94. The molecule has 0 bridgehead atoms. The minimum atomic E-state index is 0.636. The van der Waals surface area contributed by atoms with Gasteiger partial charge in [0.05, 0.1) is 0 Å². The van der Waals surface area contributed by atoms with Crippen molar-refractivity contribution in [3.63, 3.8) is 0 Å². The summed E-state index contributed by atoms with van der Waals surface area (Å²) in [5.74, 6) is 1.48. The second-order valence-electron chi connectivity index (χ2n) is 3.08. The molecule has 0 fully saturated rings. The van der Waals surface area contributed by atoms with Gasteiger partial charge in [-0.1, -0.05) is 40.5 Å². The molecule has 0 aliphatic rings. The van der Waals surface area contributed by atoms with Gasteiger partial charge in [0, 0.05) is 0 Å². The Bertz CT molecular complexity index is 36.0. The first-order valence-corrected chi connectivity index (χ1v) is 3.46. The molecule has 0 spiro atoms. The van der Waals surface area contributed by atoms with Gasteiger partial charge in [-0.15, -0.1) is 0 Å². The third-order valence-electron chi connectivity index (χ3n) is 1.24. The molecule has 0 nitrogen and oxygen atoms in total. The van der Waals surface area contributed by atoms with Crippen molar-refractivity contribution in [2.24, 2.45) is 11.8 Å². The Morgan fingerprint density at radius 3 is 1.75 bits per heavy atom. The second-order valence-corrected chi connectivity index (χ2v) is 3.08. The normalized spacial score (nSPS) is 11.2. The van der Waals surface area contributed by atoms with Crippen molar-refractivity contribution in [1.82, 2.24) is 0 Å². The lowest BCUT2D eigenvalue weighted by atomic mass is 10.0. The number of rotatable bonds is 3. The first-order chi connectivity index (χ1) is 3.63. The van der Waals surface area contributed by atoms with Crippen LogP contribution in [0.5, 0.6) is 0 Å². The monoisotopic (exact) mass is 113 g/mol. The van der Waals surface area contributed by atoms with Crippen molar-refractivity contribution in [2.45, 2.75) is 33.6 Å². The summed E-state index contributed by atoms with van der Waals surface area (Å²) in [5.41, 5.74) is 0. The largest absolute Gasteiger partial charge is 0.0628 e. The highest BCUT2D eigenvalue weighted by molar-refractivity contribution is 4.55. The van der Waals surface area contributed by atoms with Crippen LogP contribution in [0.15, 0.2) is 0 Å². The van der Waals surface area contributed by atoms with E-state index in [4.69, 9.17) is 0 Å². The van der Waals surface area contributed by atoms with Crippen LogP contribution in [0.4, 0.5) is 0 Å². The molecule has 0 unspecified atom stereocenters. The zero-order chi connectivity index (χ0) is 6.57. The summed E-state index contributed by atoms with van der Waals surface area (Å²) in [4.78, 5) is 0. The molecule has 0 N–H and O–H groups in total. The van der Waals surface area contributed by atoms with E-state index in [9.17, 15) is 0 Å². The van der Waals surface area contributed by atoms with E-state index in [2.05, 4.69) is 27.7 Å². The Balaban J connectivity index is 2.93. The molecule has 0 rings (SSSR count). The van der Waals surface area contributed by atoms with Gasteiger partial charge < -0.3 is 0 Å². The van der Waals surface area contributed by atoms with Gasteiger partial charge in [-0.2, -0.15) is 0 Å². The summed E-state index contributed by atoms with van der Waals surface area (Å²) in [6.07, 6.45) is 2.60. The SMILES string of the molecule is [CH2][C@@H](C)CCC(C)C. The van der Waals surface area contributed by atoms with E-state index in [-0.39, 0.29) is 0 Å². The van der Waals surface area contributed by atoms with Crippen LogP contribution in [0, 0.1) is 18.8 Å². The van der Waals surface area contributed by atoms with Gasteiger partial charge in [0.2, 0.25) is 0 Å². The van der Waals surface area contributed by atoms with E-state index in [1.807, 2.05) is 0 Å². The molecule has 0 saturated carbocycles. The van der Waals surface area contributed by atoms with Gasteiger partial charge in [-0.3, -0.25) is 0 Å². The number of hydrogen-bond acceptors (Lipinski definition) is 0. The van der Waals surface area contributed by atoms with Crippen LogP contribution in [0.3, 0.4) is 0 Å². The molecule has 0 aliphatic heterocycles. The third kappa shape index (κ3) is 6.00. The van der Waals surface area contributed by atoms with Gasteiger partial charge >= 0.3 is 0 Å². The quantitative estimate of drug-likeness (QED) is 0.528. The van der Waals surface area contributed by atoms with Crippen molar-refractivity contribution in [1.29, 1.82) is 0 Å². The van der Waals surface area contributed by atoms with Crippen molar-refractivity contribution in [3.8, 4) is 0 Å². The Labute approximate surface area is 53.3 Å². The van der Waals surface area contributed by atoms with Gasteiger partial charge in [0.1, 0.15) is 0 Å². The molecule has 0 aromatic heterocycles. The van der Waals surface area contributed by atoms with Crippen molar-refractivity contribution in [2.75, 3.05) is 0 Å². The van der Waals surface area contributed by atoms with Crippen molar-refractivity contribution < 1.29 is 0 Å². The molecule has 8 heavy (non-hydrogen) atoms. The average Bonchev–Trinajstić information content (AvgIpc) is 1.61. The highest BCUT2D eigenvalue weighted by atomic mass is 14.0. The Hall–Kier alpha value is 0. The molecule has 0 heteroatoms. The second kappa shape index (κ2) is 3.94. The zero-order valence-electron chi connectivity index (χ0n) is 6.28. The fourth-order valence-electron chi connectivity index (χ4n) is 0.618. The lowest BCUT2D eigenvalue weighted by Crippen LogP contribution is -1.92. The van der Waals surface area contributed by atoms with Gasteiger partial charge in [0.25, 0.3) is 0 Å². The predicted molar refractivity (Wildman–Crippen MR) is 38.6 cm³/mol.